The van der Waals surface area contributed by atoms with E-state index in [1.54, 1.807) is 0 Å². The maximum Gasteiger partial charge on any atom is 0.303 e. The van der Waals surface area contributed by atoms with Crippen LogP contribution in [-0.2, 0) is 4.79 Å². The summed E-state index contributed by atoms with van der Waals surface area (Å²) in [6, 6.07) is 8.22. The standard InChI is InChI=1S/C13H16O2/c1-11-6-5-8-12(10-11)7-3-2-4-9-13(14)15/h3,5-8,10H,2,4,9H2,1H3,(H,14,15)/b7-3+. The quantitative estimate of drug-likeness (QED) is 0.747. The van der Waals surface area contributed by atoms with Crippen LogP contribution in [-0.4, -0.2) is 11.1 Å². The normalized spacial score (nSPS) is 10.7. The van der Waals surface area contributed by atoms with E-state index in [4.69, 9.17) is 5.11 Å². The average Bonchev–Trinajstić information content (AvgIpc) is 2.17. The fourth-order valence-corrected chi connectivity index (χ4v) is 1.36. The van der Waals surface area contributed by atoms with E-state index in [1.807, 2.05) is 24.3 Å². The van der Waals surface area contributed by atoms with Gasteiger partial charge in [0, 0.05) is 6.42 Å². The lowest BCUT2D eigenvalue weighted by atomic mass is 10.1. The number of rotatable bonds is 5. The molecule has 0 fully saturated rings. The Labute approximate surface area is 90.3 Å². The molecule has 0 aliphatic carbocycles. The van der Waals surface area contributed by atoms with Crippen LogP contribution < -0.4 is 0 Å². The van der Waals surface area contributed by atoms with Crippen LogP contribution in [0.1, 0.15) is 30.4 Å². The van der Waals surface area contributed by atoms with Crippen molar-refractivity contribution < 1.29 is 9.90 Å². The first-order valence-electron chi connectivity index (χ1n) is 5.13. The van der Waals surface area contributed by atoms with E-state index in [1.165, 1.54) is 11.1 Å². The molecular formula is C13H16O2. The third-order valence-corrected chi connectivity index (χ3v) is 2.11. The molecule has 80 valence electrons. The van der Waals surface area contributed by atoms with Crippen molar-refractivity contribution in [3.63, 3.8) is 0 Å². The van der Waals surface area contributed by atoms with E-state index in [2.05, 4.69) is 19.1 Å². The van der Waals surface area contributed by atoms with E-state index in [0.29, 0.717) is 6.42 Å². The van der Waals surface area contributed by atoms with Crippen molar-refractivity contribution in [3.8, 4) is 0 Å². The molecule has 0 spiro atoms. The van der Waals surface area contributed by atoms with Crippen molar-refractivity contribution in [2.24, 2.45) is 0 Å². The molecule has 0 aromatic heterocycles. The van der Waals surface area contributed by atoms with Crippen LogP contribution in [0.25, 0.3) is 6.08 Å². The molecule has 0 saturated carbocycles. The lowest BCUT2D eigenvalue weighted by molar-refractivity contribution is -0.137. The number of carboxylic acids is 1. The topological polar surface area (TPSA) is 37.3 Å². The maximum atomic E-state index is 10.3. The number of unbranched alkanes of at least 4 members (excludes halogenated alkanes) is 1. The molecule has 2 nitrogen and oxygen atoms in total. The van der Waals surface area contributed by atoms with E-state index >= 15 is 0 Å². The number of carbonyl (C=O) groups is 1. The third-order valence-electron chi connectivity index (χ3n) is 2.11. The van der Waals surface area contributed by atoms with Gasteiger partial charge in [0.1, 0.15) is 0 Å². The summed E-state index contributed by atoms with van der Waals surface area (Å²) in [4.78, 5) is 10.3. The van der Waals surface area contributed by atoms with Gasteiger partial charge in [-0.2, -0.15) is 0 Å². The monoisotopic (exact) mass is 204 g/mol. The lowest BCUT2D eigenvalue weighted by Gasteiger charge is -1.95. The summed E-state index contributed by atoms with van der Waals surface area (Å²) in [7, 11) is 0. The minimum atomic E-state index is -0.723. The average molecular weight is 204 g/mol. The minimum Gasteiger partial charge on any atom is -0.481 e. The van der Waals surface area contributed by atoms with E-state index in [9.17, 15) is 4.79 Å². The molecule has 15 heavy (non-hydrogen) atoms. The number of aryl methyl sites for hydroxylation is 1. The molecular weight excluding hydrogens is 188 g/mol. The van der Waals surface area contributed by atoms with E-state index < -0.39 is 5.97 Å². The van der Waals surface area contributed by atoms with Crippen molar-refractivity contribution in [1.82, 2.24) is 0 Å². The highest BCUT2D eigenvalue weighted by molar-refractivity contribution is 5.66. The molecule has 1 rings (SSSR count). The largest absolute Gasteiger partial charge is 0.481 e. The first-order valence-corrected chi connectivity index (χ1v) is 5.13. The first kappa shape index (κ1) is 11.5. The van der Waals surface area contributed by atoms with Gasteiger partial charge in [0.15, 0.2) is 0 Å². The van der Waals surface area contributed by atoms with Gasteiger partial charge in [0.05, 0.1) is 0 Å². The lowest BCUT2D eigenvalue weighted by Crippen LogP contribution is -1.92. The molecule has 0 radical (unpaired) electrons. The molecule has 0 amide bonds. The second-order valence-electron chi connectivity index (χ2n) is 3.60. The minimum absolute atomic E-state index is 0.248. The van der Waals surface area contributed by atoms with Gasteiger partial charge in [0.2, 0.25) is 0 Å². The summed E-state index contributed by atoms with van der Waals surface area (Å²) in [6.45, 7) is 2.06. The molecule has 1 N–H and O–H groups in total. The van der Waals surface area contributed by atoms with Crippen molar-refractivity contribution in [1.29, 1.82) is 0 Å². The Kier molecular flexibility index (Phi) is 4.61. The molecule has 1 aromatic carbocycles. The van der Waals surface area contributed by atoms with Crippen molar-refractivity contribution >= 4 is 12.0 Å². The molecule has 1 aromatic rings. The number of carboxylic acid groups (broad SMARTS) is 1. The number of aliphatic carboxylic acids is 1. The Bertz CT molecular complexity index is 353. The number of allylic oxidation sites excluding steroid dienone is 1. The smallest absolute Gasteiger partial charge is 0.303 e. The Morgan fingerprint density at radius 2 is 2.27 bits per heavy atom. The Morgan fingerprint density at radius 3 is 2.93 bits per heavy atom. The number of hydrogen-bond acceptors (Lipinski definition) is 1. The zero-order valence-corrected chi connectivity index (χ0v) is 8.94. The fourth-order valence-electron chi connectivity index (χ4n) is 1.36. The zero-order chi connectivity index (χ0) is 11.1. The Balaban J connectivity index is 2.35. The zero-order valence-electron chi connectivity index (χ0n) is 8.94. The summed E-state index contributed by atoms with van der Waals surface area (Å²) in [5.74, 6) is -0.723. The number of hydrogen-bond donors (Lipinski definition) is 1. The van der Waals surface area contributed by atoms with Crippen molar-refractivity contribution in [2.75, 3.05) is 0 Å². The van der Waals surface area contributed by atoms with Gasteiger partial charge in [0.25, 0.3) is 0 Å². The second-order valence-corrected chi connectivity index (χ2v) is 3.60. The van der Waals surface area contributed by atoms with Gasteiger partial charge in [-0.25, -0.2) is 0 Å². The summed E-state index contributed by atoms with van der Waals surface area (Å²) < 4.78 is 0. The molecule has 0 aliphatic rings. The van der Waals surface area contributed by atoms with Gasteiger partial charge in [-0.15, -0.1) is 0 Å². The third kappa shape index (κ3) is 5.01. The van der Waals surface area contributed by atoms with E-state index in [0.717, 1.165) is 6.42 Å². The Hall–Kier alpha value is -1.57. The first-order chi connectivity index (χ1) is 7.18. The fraction of sp³-hybridized carbons (Fsp3) is 0.308. The van der Waals surface area contributed by atoms with Crippen LogP contribution in [0.15, 0.2) is 30.3 Å². The number of benzene rings is 1. The summed E-state index contributed by atoms with van der Waals surface area (Å²) >= 11 is 0. The SMILES string of the molecule is Cc1cccc(/C=C/CCCC(=O)O)c1. The summed E-state index contributed by atoms with van der Waals surface area (Å²) in [5, 5.41) is 8.44. The van der Waals surface area contributed by atoms with Gasteiger partial charge >= 0.3 is 5.97 Å². The van der Waals surface area contributed by atoms with Crippen LogP contribution in [0.4, 0.5) is 0 Å². The van der Waals surface area contributed by atoms with Crippen molar-refractivity contribution in [2.45, 2.75) is 26.2 Å². The molecule has 0 saturated heterocycles. The van der Waals surface area contributed by atoms with Crippen molar-refractivity contribution in [3.05, 3.63) is 41.5 Å². The summed E-state index contributed by atoms with van der Waals surface area (Å²) in [6.07, 6.45) is 5.84. The van der Waals surface area contributed by atoms with Gasteiger partial charge in [-0.3, -0.25) is 4.79 Å². The van der Waals surface area contributed by atoms with Crippen LogP contribution in [0.5, 0.6) is 0 Å². The highest BCUT2D eigenvalue weighted by atomic mass is 16.4. The summed E-state index contributed by atoms with van der Waals surface area (Å²) in [5.41, 5.74) is 2.41. The Morgan fingerprint density at radius 1 is 1.47 bits per heavy atom. The van der Waals surface area contributed by atoms with Gasteiger partial charge in [-0.05, 0) is 25.3 Å². The molecule has 0 bridgehead atoms. The highest BCUT2D eigenvalue weighted by Crippen LogP contribution is 2.07. The highest BCUT2D eigenvalue weighted by Gasteiger charge is 1.93. The molecule has 0 atom stereocenters. The molecule has 2 heteroatoms. The predicted octanol–water partition coefficient (Wildman–Crippen LogP) is 3.26. The molecule has 0 heterocycles. The second kappa shape index (κ2) is 6.02. The van der Waals surface area contributed by atoms with Crippen LogP contribution >= 0.6 is 0 Å². The van der Waals surface area contributed by atoms with Gasteiger partial charge < -0.3 is 5.11 Å². The predicted molar refractivity (Wildman–Crippen MR) is 61.7 cm³/mol. The molecule has 0 aliphatic heterocycles. The maximum absolute atomic E-state index is 10.3. The van der Waals surface area contributed by atoms with Gasteiger partial charge in [-0.1, -0.05) is 42.0 Å². The van der Waals surface area contributed by atoms with Crippen LogP contribution in [0.2, 0.25) is 0 Å². The van der Waals surface area contributed by atoms with Crippen LogP contribution in [0.3, 0.4) is 0 Å². The van der Waals surface area contributed by atoms with E-state index in [-0.39, 0.29) is 6.42 Å². The molecule has 0 unspecified atom stereocenters. The van der Waals surface area contributed by atoms with Crippen LogP contribution in [0, 0.1) is 6.92 Å².